The van der Waals surface area contributed by atoms with Gasteiger partial charge in [-0.2, -0.15) is 0 Å². The van der Waals surface area contributed by atoms with Crippen molar-refractivity contribution in [2.45, 2.75) is 12.8 Å². The van der Waals surface area contributed by atoms with E-state index in [2.05, 4.69) is 4.74 Å². The first-order chi connectivity index (χ1) is 6.88. The third kappa shape index (κ3) is 4.48. The summed E-state index contributed by atoms with van der Waals surface area (Å²) < 4.78 is 38.4. The summed E-state index contributed by atoms with van der Waals surface area (Å²) in [5.74, 6) is -1.36. The van der Waals surface area contributed by atoms with Crippen molar-refractivity contribution < 1.29 is 27.8 Å². The SMILES string of the molecule is O=C(O)C1CCN(CCOC(F)(F)F)C1. The summed E-state index contributed by atoms with van der Waals surface area (Å²) in [4.78, 5) is 12.2. The van der Waals surface area contributed by atoms with Crippen molar-refractivity contribution in [3.05, 3.63) is 0 Å². The average molecular weight is 227 g/mol. The molecule has 88 valence electrons. The summed E-state index contributed by atoms with van der Waals surface area (Å²) in [5.41, 5.74) is 0. The molecule has 0 saturated carbocycles. The van der Waals surface area contributed by atoms with Gasteiger partial charge in [0.25, 0.3) is 0 Å². The van der Waals surface area contributed by atoms with Gasteiger partial charge in [0.05, 0.1) is 12.5 Å². The fourth-order valence-electron chi connectivity index (χ4n) is 1.53. The summed E-state index contributed by atoms with van der Waals surface area (Å²) in [6, 6.07) is 0. The quantitative estimate of drug-likeness (QED) is 0.776. The number of ether oxygens (including phenoxy) is 1. The largest absolute Gasteiger partial charge is 0.522 e. The monoisotopic (exact) mass is 227 g/mol. The van der Waals surface area contributed by atoms with Gasteiger partial charge < -0.3 is 10.0 Å². The minimum absolute atomic E-state index is 0.114. The summed E-state index contributed by atoms with van der Waals surface area (Å²) in [5, 5.41) is 8.65. The van der Waals surface area contributed by atoms with E-state index in [0.717, 1.165) is 0 Å². The number of carboxylic acid groups (broad SMARTS) is 1. The second-order valence-electron chi connectivity index (χ2n) is 3.42. The molecule has 1 rings (SSSR count). The Morgan fingerprint density at radius 3 is 2.67 bits per heavy atom. The molecule has 1 heterocycles. The zero-order chi connectivity index (χ0) is 11.5. The molecule has 1 unspecified atom stereocenters. The molecule has 0 spiro atoms. The van der Waals surface area contributed by atoms with Crippen molar-refractivity contribution in [1.29, 1.82) is 0 Å². The Bertz CT molecular complexity index is 232. The molecule has 1 fully saturated rings. The molecule has 4 nitrogen and oxygen atoms in total. The predicted molar refractivity (Wildman–Crippen MR) is 44.2 cm³/mol. The number of carbonyl (C=O) groups is 1. The molecule has 0 aromatic heterocycles. The molecule has 15 heavy (non-hydrogen) atoms. The number of carboxylic acids is 1. The zero-order valence-electron chi connectivity index (χ0n) is 7.96. The Kier molecular flexibility index (Phi) is 3.92. The number of hydrogen-bond acceptors (Lipinski definition) is 3. The van der Waals surface area contributed by atoms with E-state index in [0.29, 0.717) is 19.5 Å². The topological polar surface area (TPSA) is 49.8 Å². The van der Waals surface area contributed by atoms with Gasteiger partial charge in [0.15, 0.2) is 0 Å². The minimum Gasteiger partial charge on any atom is -0.481 e. The van der Waals surface area contributed by atoms with Gasteiger partial charge in [-0.3, -0.25) is 9.53 Å². The third-order valence-electron chi connectivity index (χ3n) is 2.29. The van der Waals surface area contributed by atoms with E-state index in [9.17, 15) is 18.0 Å². The van der Waals surface area contributed by atoms with Crippen LogP contribution in [0.5, 0.6) is 0 Å². The second kappa shape index (κ2) is 4.80. The molecule has 0 aliphatic carbocycles. The van der Waals surface area contributed by atoms with Gasteiger partial charge >= 0.3 is 12.3 Å². The van der Waals surface area contributed by atoms with Crippen molar-refractivity contribution in [2.75, 3.05) is 26.2 Å². The van der Waals surface area contributed by atoms with Crippen LogP contribution in [0.4, 0.5) is 13.2 Å². The Hall–Kier alpha value is -0.820. The Labute approximate surface area is 84.6 Å². The molecular weight excluding hydrogens is 215 g/mol. The molecule has 0 bridgehead atoms. The van der Waals surface area contributed by atoms with Crippen LogP contribution in [0.2, 0.25) is 0 Å². The van der Waals surface area contributed by atoms with Gasteiger partial charge in [0.2, 0.25) is 0 Å². The Morgan fingerprint density at radius 1 is 1.53 bits per heavy atom. The van der Waals surface area contributed by atoms with E-state index < -0.39 is 24.9 Å². The van der Waals surface area contributed by atoms with Crippen LogP contribution in [0.1, 0.15) is 6.42 Å². The number of hydrogen-bond donors (Lipinski definition) is 1. The lowest BCUT2D eigenvalue weighted by Gasteiger charge is -2.15. The van der Waals surface area contributed by atoms with Crippen LogP contribution in [0.3, 0.4) is 0 Å². The lowest BCUT2D eigenvalue weighted by molar-refractivity contribution is -0.324. The van der Waals surface area contributed by atoms with Crippen LogP contribution in [-0.4, -0.2) is 48.6 Å². The van der Waals surface area contributed by atoms with Crippen LogP contribution in [0.25, 0.3) is 0 Å². The highest BCUT2D eigenvalue weighted by molar-refractivity contribution is 5.70. The van der Waals surface area contributed by atoms with Crippen LogP contribution >= 0.6 is 0 Å². The van der Waals surface area contributed by atoms with Crippen molar-refractivity contribution in [2.24, 2.45) is 5.92 Å². The molecule has 7 heteroatoms. The van der Waals surface area contributed by atoms with E-state index in [1.807, 2.05) is 0 Å². The van der Waals surface area contributed by atoms with E-state index in [1.54, 1.807) is 4.90 Å². The summed E-state index contributed by atoms with van der Waals surface area (Å²) in [6.45, 7) is 0.480. The van der Waals surface area contributed by atoms with Crippen molar-refractivity contribution in [3.63, 3.8) is 0 Å². The molecule has 0 aromatic carbocycles. The fourth-order valence-corrected chi connectivity index (χ4v) is 1.53. The van der Waals surface area contributed by atoms with Crippen molar-refractivity contribution in [1.82, 2.24) is 4.90 Å². The number of halogens is 3. The maximum atomic E-state index is 11.6. The van der Waals surface area contributed by atoms with E-state index >= 15 is 0 Å². The first-order valence-corrected chi connectivity index (χ1v) is 4.54. The highest BCUT2D eigenvalue weighted by atomic mass is 19.4. The predicted octanol–water partition coefficient (Wildman–Crippen LogP) is 0.929. The Balaban J connectivity index is 2.17. The number of alkyl halides is 3. The molecule has 1 atom stereocenters. The second-order valence-corrected chi connectivity index (χ2v) is 3.42. The Morgan fingerprint density at radius 2 is 2.20 bits per heavy atom. The lowest BCUT2D eigenvalue weighted by atomic mass is 10.1. The molecule has 1 aliphatic rings. The fraction of sp³-hybridized carbons (Fsp3) is 0.875. The molecular formula is C8H12F3NO3. The normalized spacial score (nSPS) is 23.3. The van der Waals surface area contributed by atoms with E-state index in [4.69, 9.17) is 5.11 Å². The lowest BCUT2D eigenvalue weighted by Crippen LogP contribution is -2.29. The van der Waals surface area contributed by atoms with Gasteiger partial charge in [-0.15, -0.1) is 13.2 Å². The third-order valence-corrected chi connectivity index (χ3v) is 2.29. The van der Waals surface area contributed by atoms with Gasteiger partial charge in [-0.05, 0) is 13.0 Å². The van der Waals surface area contributed by atoms with E-state index in [1.165, 1.54) is 0 Å². The zero-order valence-corrected chi connectivity index (χ0v) is 7.96. The molecule has 1 saturated heterocycles. The molecule has 0 radical (unpaired) electrons. The highest BCUT2D eigenvalue weighted by Gasteiger charge is 2.31. The number of aliphatic carboxylic acids is 1. The minimum atomic E-state index is -4.61. The standard InChI is InChI=1S/C8H12F3NO3/c9-8(10,11)15-4-3-12-2-1-6(5-12)7(13)14/h6H,1-5H2,(H,13,14). The number of nitrogens with zero attached hydrogens (tertiary/aromatic N) is 1. The number of rotatable bonds is 4. The molecule has 1 aliphatic heterocycles. The van der Waals surface area contributed by atoms with Crippen molar-refractivity contribution >= 4 is 5.97 Å². The first-order valence-electron chi connectivity index (χ1n) is 4.54. The van der Waals surface area contributed by atoms with Gasteiger partial charge in [-0.1, -0.05) is 0 Å². The smallest absolute Gasteiger partial charge is 0.481 e. The number of likely N-dealkylation sites (tertiary alicyclic amines) is 1. The molecule has 0 aromatic rings. The van der Waals surface area contributed by atoms with Gasteiger partial charge in [0, 0.05) is 13.1 Å². The summed E-state index contributed by atoms with van der Waals surface area (Å²) in [7, 11) is 0. The maximum absolute atomic E-state index is 11.6. The van der Waals surface area contributed by atoms with Gasteiger partial charge in [0.1, 0.15) is 0 Å². The van der Waals surface area contributed by atoms with Gasteiger partial charge in [-0.25, -0.2) is 0 Å². The molecule has 0 amide bonds. The highest BCUT2D eigenvalue weighted by Crippen LogP contribution is 2.18. The van der Waals surface area contributed by atoms with Crippen LogP contribution < -0.4 is 0 Å². The summed E-state index contributed by atoms with van der Waals surface area (Å²) in [6.07, 6.45) is -4.12. The maximum Gasteiger partial charge on any atom is 0.522 e. The van der Waals surface area contributed by atoms with E-state index in [-0.39, 0.29) is 6.54 Å². The first kappa shape index (κ1) is 12.3. The van der Waals surface area contributed by atoms with Crippen molar-refractivity contribution in [3.8, 4) is 0 Å². The average Bonchev–Trinajstić information content (AvgIpc) is 2.50. The summed E-state index contributed by atoms with van der Waals surface area (Å²) >= 11 is 0. The molecule has 1 N–H and O–H groups in total. The van der Waals surface area contributed by atoms with Crippen LogP contribution in [0, 0.1) is 5.92 Å². The van der Waals surface area contributed by atoms with Crippen LogP contribution in [0.15, 0.2) is 0 Å². The van der Waals surface area contributed by atoms with Crippen LogP contribution in [-0.2, 0) is 9.53 Å².